The van der Waals surface area contributed by atoms with E-state index in [-0.39, 0.29) is 29.6 Å². The van der Waals surface area contributed by atoms with Crippen molar-refractivity contribution in [3.63, 3.8) is 0 Å². The molecule has 1 aromatic carbocycles. The number of esters is 2. The second-order valence-electron chi connectivity index (χ2n) is 8.39. The third-order valence-electron chi connectivity index (χ3n) is 5.59. The van der Waals surface area contributed by atoms with Crippen LogP contribution in [0.15, 0.2) is 23.2 Å². The van der Waals surface area contributed by atoms with Crippen molar-refractivity contribution in [1.29, 1.82) is 0 Å². The van der Waals surface area contributed by atoms with E-state index >= 15 is 0 Å². The van der Waals surface area contributed by atoms with Gasteiger partial charge in [-0.05, 0) is 38.0 Å². The van der Waals surface area contributed by atoms with Crippen molar-refractivity contribution in [2.45, 2.75) is 51.6 Å². The zero-order valence-corrected chi connectivity index (χ0v) is 21.8. The average molecular weight is 540 g/mol. The summed E-state index contributed by atoms with van der Waals surface area (Å²) in [6.07, 6.45) is 4.68. The molecule has 36 heavy (non-hydrogen) atoms. The number of carbonyl (C=O) groups excluding carboxylic acids is 4. The lowest BCUT2D eigenvalue weighted by Crippen LogP contribution is -2.40. The summed E-state index contributed by atoms with van der Waals surface area (Å²) in [5.74, 6) is -4.50. The number of methoxy groups -OCH3 is 1. The predicted molar refractivity (Wildman–Crippen MR) is 132 cm³/mol. The molecule has 1 saturated carbocycles. The number of hydrogen-bond donors (Lipinski definition) is 1. The molecule has 1 aliphatic rings. The number of nitrogens with one attached hydrogen (secondary N) is 1. The third kappa shape index (κ3) is 7.47. The maximum absolute atomic E-state index is 12.6. The number of carbonyl (C=O) groups is 4. The Morgan fingerprint density at radius 2 is 1.86 bits per heavy atom. The van der Waals surface area contributed by atoms with Crippen molar-refractivity contribution >= 4 is 55.1 Å². The van der Waals surface area contributed by atoms with Crippen LogP contribution in [-0.2, 0) is 40.2 Å². The van der Waals surface area contributed by atoms with Crippen LogP contribution in [0.2, 0.25) is 0 Å². The summed E-state index contributed by atoms with van der Waals surface area (Å²) >= 11 is 1.00. The van der Waals surface area contributed by atoms with Gasteiger partial charge in [0.15, 0.2) is 14.6 Å². The van der Waals surface area contributed by atoms with E-state index in [9.17, 15) is 27.6 Å². The van der Waals surface area contributed by atoms with Crippen molar-refractivity contribution in [3.8, 4) is 0 Å². The van der Waals surface area contributed by atoms with Crippen molar-refractivity contribution in [2.75, 3.05) is 25.2 Å². The van der Waals surface area contributed by atoms with Gasteiger partial charge in [0, 0.05) is 6.04 Å². The molecule has 1 aromatic heterocycles. The number of fused-ring (bicyclic) bond motifs is 1. The van der Waals surface area contributed by atoms with Crippen LogP contribution in [0, 0.1) is 0 Å². The van der Waals surface area contributed by atoms with Crippen LogP contribution in [0.4, 0.5) is 0 Å². The number of rotatable bonds is 9. The van der Waals surface area contributed by atoms with Gasteiger partial charge in [0.1, 0.15) is 18.1 Å². The van der Waals surface area contributed by atoms with Crippen molar-refractivity contribution in [1.82, 2.24) is 9.88 Å². The van der Waals surface area contributed by atoms with Gasteiger partial charge < -0.3 is 19.4 Å². The number of thiazole rings is 1. The maximum Gasteiger partial charge on any atom is 0.338 e. The van der Waals surface area contributed by atoms with E-state index in [1.807, 2.05) is 0 Å². The zero-order valence-electron chi connectivity index (χ0n) is 20.2. The van der Waals surface area contributed by atoms with Crippen molar-refractivity contribution in [3.05, 3.63) is 28.6 Å². The minimum Gasteiger partial charge on any atom is -0.468 e. The molecular weight excluding hydrogens is 510 g/mol. The van der Waals surface area contributed by atoms with Gasteiger partial charge >= 0.3 is 11.9 Å². The van der Waals surface area contributed by atoms with Crippen LogP contribution < -0.4 is 10.1 Å². The quantitative estimate of drug-likeness (QED) is 0.469. The van der Waals surface area contributed by atoms with Gasteiger partial charge in [-0.15, -0.1) is 0 Å². The lowest BCUT2D eigenvalue weighted by molar-refractivity contribution is -0.141. The van der Waals surface area contributed by atoms with Gasteiger partial charge in [-0.3, -0.25) is 14.4 Å². The first-order chi connectivity index (χ1) is 17.1. The van der Waals surface area contributed by atoms with Crippen LogP contribution in [0.5, 0.6) is 0 Å². The fourth-order valence-electron chi connectivity index (χ4n) is 3.94. The maximum atomic E-state index is 12.6. The molecule has 196 valence electrons. The summed E-state index contributed by atoms with van der Waals surface area (Å²) in [6.45, 7) is 1.60. The second kappa shape index (κ2) is 12.3. The number of aromatic nitrogens is 1. The molecule has 1 fully saturated rings. The molecule has 1 heterocycles. The highest BCUT2D eigenvalue weighted by Crippen LogP contribution is 2.20. The molecule has 0 radical (unpaired) electrons. The number of ether oxygens (including phenoxy) is 2. The summed E-state index contributed by atoms with van der Waals surface area (Å²) in [4.78, 5) is 52.8. The van der Waals surface area contributed by atoms with E-state index in [2.05, 4.69) is 10.3 Å². The lowest BCUT2D eigenvalue weighted by Gasteiger charge is -2.22. The van der Waals surface area contributed by atoms with Crippen LogP contribution in [0.1, 0.15) is 49.4 Å². The van der Waals surface area contributed by atoms with Crippen LogP contribution >= 0.6 is 11.3 Å². The molecule has 1 aliphatic carbocycles. The smallest absolute Gasteiger partial charge is 0.338 e. The topological polar surface area (TPSA) is 150 Å². The molecule has 0 bridgehead atoms. The Labute approximate surface area is 212 Å². The molecule has 1 N–H and O–H groups in total. The molecule has 11 nitrogen and oxygen atoms in total. The Bertz CT molecular complexity index is 1320. The van der Waals surface area contributed by atoms with Crippen LogP contribution in [0.25, 0.3) is 10.2 Å². The Hall–Kier alpha value is -3.06. The normalized spacial score (nSPS) is 15.0. The monoisotopic (exact) mass is 539 g/mol. The fraction of sp³-hybridized carbons (Fsp3) is 0.522. The summed E-state index contributed by atoms with van der Waals surface area (Å²) in [6, 6.07) is 4.59. The minimum absolute atomic E-state index is 0.0443. The average Bonchev–Trinajstić information content (AvgIpc) is 3.14. The largest absolute Gasteiger partial charge is 0.468 e. The highest BCUT2D eigenvalue weighted by molar-refractivity contribution is 7.92. The molecule has 0 atom stereocenters. The predicted octanol–water partition coefficient (Wildman–Crippen LogP) is 1.34. The number of amides is 2. The molecule has 2 amide bonds. The van der Waals surface area contributed by atoms with Gasteiger partial charge in [0.05, 0.1) is 29.5 Å². The van der Waals surface area contributed by atoms with Crippen LogP contribution in [0.3, 0.4) is 0 Å². The molecule has 0 spiro atoms. The highest BCUT2D eigenvalue weighted by atomic mass is 32.2. The lowest BCUT2D eigenvalue weighted by atomic mass is 9.95. The molecule has 3 rings (SSSR count). The van der Waals surface area contributed by atoms with E-state index in [1.54, 1.807) is 19.1 Å². The molecule has 0 unspecified atom stereocenters. The number of sulfone groups is 1. The van der Waals surface area contributed by atoms with E-state index in [4.69, 9.17) is 9.47 Å². The molecule has 2 aromatic rings. The molecular formula is C23H29N3O8S2. The summed E-state index contributed by atoms with van der Waals surface area (Å²) in [5.41, 5.74) is 0.778. The van der Waals surface area contributed by atoms with Gasteiger partial charge in [0.2, 0.25) is 5.91 Å². The number of nitrogens with zero attached hydrogens (tertiary/aromatic N) is 2. The second-order valence-corrected chi connectivity index (χ2v) is 11.5. The van der Waals surface area contributed by atoms with Crippen molar-refractivity contribution in [2.24, 2.45) is 4.99 Å². The van der Waals surface area contributed by atoms with E-state index in [0.717, 1.165) is 43.4 Å². The molecule has 13 heteroatoms. The molecule has 0 saturated heterocycles. The third-order valence-corrected chi connectivity index (χ3v) is 8.02. The highest BCUT2D eigenvalue weighted by Gasteiger charge is 2.24. The Morgan fingerprint density at radius 1 is 1.14 bits per heavy atom. The van der Waals surface area contributed by atoms with Gasteiger partial charge in [-0.1, -0.05) is 30.6 Å². The van der Waals surface area contributed by atoms with Crippen molar-refractivity contribution < 1.29 is 37.1 Å². The van der Waals surface area contributed by atoms with E-state index in [1.165, 1.54) is 17.7 Å². The van der Waals surface area contributed by atoms with Crippen LogP contribution in [-0.4, -0.2) is 68.0 Å². The van der Waals surface area contributed by atoms with E-state index in [0.29, 0.717) is 10.2 Å². The number of hydrogen-bond acceptors (Lipinski definition) is 9. The number of benzene rings is 1. The summed E-state index contributed by atoms with van der Waals surface area (Å²) in [7, 11) is -2.85. The van der Waals surface area contributed by atoms with E-state index < -0.39 is 45.1 Å². The first kappa shape index (κ1) is 27.5. The Morgan fingerprint density at radius 3 is 2.53 bits per heavy atom. The first-order valence-electron chi connectivity index (χ1n) is 11.6. The summed E-state index contributed by atoms with van der Waals surface area (Å²) < 4.78 is 36.6. The fourth-order valence-corrected chi connectivity index (χ4v) is 6.05. The Kier molecular flexibility index (Phi) is 9.37. The first-order valence-corrected chi connectivity index (χ1v) is 14.2. The zero-order chi connectivity index (χ0) is 26.3. The van der Waals surface area contributed by atoms with Gasteiger partial charge in [-0.2, -0.15) is 4.99 Å². The SMILES string of the molecule is CCOC(=O)c1ccc2c(c1)sc(=NC(=O)CS(=O)(=O)CC(=O)NC1CCCCC1)n2CC(=O)OC. The standard InChI is InChI=1S/C23H29N3O8S2/c1-3-34-22(30)15-9-10-17-18(11-15)35-23(26(17)12-21(29)33-2)25-20(28)14-36(31,32)13-19(27)24-16-7-5-4-6-8-16/h9-11,16H,3-8,12-14H2,1-2H3,(H,24,27). The van der Waals surface area contributed by atoms with Gasteiger partial charge in [0.25, 0.3) is 5.91 Å². The summed E-state index contributed by atoms with van der Waals surface area (Å²) in [5, 5.41) is 2.72. The molecule has 0 aliphatic heterocycles. The minimum atomic E-state index is -4.06. The van der Waals surface area contributed by atoms with Gasteiger partial charge in [-0.25, -0.2) is 13.2 Å². The Balaban J connectivity index is 1.82.